The Balaban J connectivity index is 1.98. The summed E-state index contributed by atoms with van der Waals surface area (Å²) < 4.78 is 0. The minimum absolute atomic E-state index is 0.959. The molecule has 0 radical (unpaired) electrons. The predicted molar refractivity (Wildman–Crippen MR) is 93.4 cm³/mol. The van der Waals surface area contributed by atoms with Gasteiger partial charge in [0.05, 0.1) is 0 Å². The molecule has 2 aromatic carbocycles. The molecular formula is C19H26N2. The highest BCUT2D eigenvalue weighted by Crippen LogP contribution is 2.21. The van der Waals surface area contributed by atoms with Crippen molar-refractivity contribution in [1.29, 1.82) is 0 Å². The van der Waals surface area contributed by atoms with Gasteiger partial charge in [-0.2, -0.15) is 0 Å². The second-order valence-corrected chi connectivity index (χ2v) is 5.30. The van der Waals surface area contributed by atoms with Crippen LogP contribution in [-0.4, -0.2) is 19.6 Å². The van der Waals surface area contributed by atoms with Crippen molar-refractivity contribution in [3.8, 4) is 0 Å². The lowest BCUT2D eigenvalue weighted by molar-refractivity contribution is 0.834. The van der Waals surface area contributed by atoms with Crippen LogP contribution in [0.5, 0.6) is 0 Å². The molecule has 0 atom stereocenters. The summed E-state index contributed by atoms with van der Waals surface area (Å²) in [4.78, 5) is 2.40. The average Bonchev–Trinajstić information content (AvgIpc) is 2.53. The number of benzene rings is 2. The molecule has 0 spiro atoms. The number of nitrogens with zero attached hydrogens (tertiary/aromatic N) is 1. The second-order valence-electron chi connectivity index (χ2n) is 5.30. The number of hydrogen-bond acceptors (Lipinski definition) is 2. The molecule has 0 heterocycles. The summed E-state index contributed by atoms with van der Waals surface area (Å²) in [5.74, 6) is 0. The quantitative estimate of drug-likeness (QED) is 0.804. The van der Waals surface area contributed by atoms with Gasteiger partial charge < -0.3 is 10.2 Å². The van der Waals surface area contributed by atoms with Crippen LogP contribution in [-0.2, 0) is 6.42 Å². The largest absolute Gasteiger partial charge is 0.383 e. The van der Waals surface area contributed by atoms with Crippen LogP contribution in [0.3, 0.4) is 0 Å². The van der Waals surface area contributed by atoms with E-state index in [9.17, 15) is 0 Å². The molecule has 0 saturated heterocycles. The van der Waals surface area contributed by atoms with Gasteiger partial charge in [0.1, 0.15) is 0 Å². The zero-order valence-electron chi connectivity index (χ0n) is 13.4. The standard InChI is InChI=1S/C19H26N2/c1-4-17-11-9-10-16(3)19(17)20-14-15-21(5-2)18-12-7-6-8-13-18/h6-13,20H,4-5,14-15H2,1-3H3. The third kappa shape index (κ3) is 4.01. The minimum Gasteiger partial charge on any atom is -0.383 e. The zero-order chi connectivity index (χ0) is 15.1. The van der Waals surface area contributed by atoms with Gasteiger partial charge in [-0.15, -0.1) is 0 Å². The molecule has 0 aliphatic carbocycles. The Kier molecular flexibility index (Phi) is 5.68. The summed E-state index contributed by atoms with van der Waals surface area (Å²) >= 11 is 0. The van der Waals surface area contributed by atoms with Crippen molar-refractivity contribution in [2.45, 2.75) is 27.2 Å². The third-order valence-electron chi connectivity index (χ3n) is 3.93. The van der Waals surface area contributed by atoms with E-state index < -0.39 is 0 Å². The summed E-state index contributed by atoms with van der Waals surface area (Å²) in [6, 6.07) is 17.1. The molecule has 2 nitrogen and oxygen atoms in total. The van der Waals surface area contributed by atoms with Crippen LogP contribution in [0.15, 0.2) is 48.5 Å². The molecule has 0 saturated carbocycles. The fourth-order valence-corrected chi connectivity index (χ4v) is 2.70. The van der Waals surface area contributed by atoms with E-state index in [1.807, 2.05) is 0 Å². The number of anilines is 2. The number of aryl methyl sites for hydroxylation is 2. The maximum absolute atomic E-state index is 3.63. The van der Waals surface area contributed by atoms with Crippen LogP contribution in [0, 0.1) is 6.92 Å². The first-order valence-electron chi connectivity index (χ1n) is 7.88. The van der Waals surface area contributed by atoms with Crippen molar-refractivity contribution in [1.82, 2.24) is 0 Å². The van der Waals surface area contributed by atoms with Gasteiger partial charge in [-0.05, 0) is 43.5 Å². The van der Waals surface area contributed by atoms with E-state index in [-0.39, 0.29) is 0 Å². The number of likely N-dealkylation sites (N-methyl/N-ethyl adjacent to an activating group) is 1. The molecule has 2 aromatic rings. The van der Waals surface area contributed by atoms with Gasteiger partial charge in [0.25, 0.3) is 0 Å². The Labute approximate surface area is 128 Å². The lowest BCUT2D eigenvalue weighted by Gasteiger charge is -2.24. The third-order valence-corrected chi connectivity index (χ3v) is 3.93. The normalized spacial score (nSPS) is 10.4. The highest BCUT2D eigenvalue weighted by Gasteiger charge is 2.06. The number of nitrogens with one attached hydrogen (secondary N) is 1. The fraction of sp³-hybridized carbons (Fsp3) is 0.368. The zero-order valence-corrected chi connectivity index (χ0v) is 13.4. The first kappa shape index (κ1) is 15.4. The van der Waals surface area contributed by atoms with Gasteiger partial charge in [0, 0.05) is 31.0 Å². The van der Waals surface area contributed by atoms with Crippen molar-refractivity contribution in [3.63, 3.8) is 0 Å². The predicted octanol–water partition coefficient (Wildman–Crippen LogP) is 4.50. The number of hydrogen-bond donors (Lipinski definition) is 1. The Morgan fingerprint density at radius 3 is 2.38 bits per heavy atom. The topological polar surface area (TPSA) is 15.3 Å². The molecule has 0 unspecified atom stereocenters. The first-order chi connectivity index (χ1) is 10.3. The molecule has 0 aliphatic rings. The maximum atomic E-state index is 3.63. The van der Waals surface area contributed by atoms with Crippen LogP contribution in [0.25, 0.3) is 0 Å². The van der Waals surface area contributed by atoms with Crippen molar-refractivity contribution in [2.24, 2.45) is 0 Å². The smallest absolute Gasteiger partial charge is 0.0402 e. The van der Waals surface area contributed by atoms with Gasteiger partial charge in [0.2, 0.25) is 0 Å². The van der Waals surface area contributed by atoms with Crippen molar-refractivity contribution < 1.29 is 0 Å². The number of rotatable bonds is 7. The van der Waals surface area contributed by atoms with Gasteiger partial charge in [-0.25, -0.2) is 0 Å². The minimum atomic E-state index is 0.959. The average molecular weight is 282 g/mol. The lowest BCUT2D eigenvalue weighted by atomic mass is 10.1. The molecule has 0 aliphatic heterocycles. The maximum Gasteiger partial charge on any atom is 0.0402 e. The Morgan fingerprint density at radius 2 is 1.71 bits per heavy atom. The molecule has 0 bridgehead atoms. The molecule has 21 heavy (non-hydrogen) atoms. The Hall–Kier alpha value is -1.96. The molecule has 112 valence electrons. The molecule has 0 aromatic heterocycles. The summed E-state index contributed by atoms with van der Waals surface area (Å²) in [6.45, 7) is 9.59. The van der Waals surface area contributed by atoms with E-state index in [1.165, 1.54) is 22.5 Å². The van der Waals surface area contributed by atoms with Crippen LogP contribution >= 0.6 is 0 Å². The van der Waals surface area contributed by atoms with E-state index in [1.54, 1.807) is 0 Å². The van der Waals surface area contributed by atoms with E-state index in [2.05, 4.69) is 79.5 Å². The van der Waals surface area contributed by atoms with E-state index >= 15 is 0 Å². The summed E-state index contributed by atoms with van der Waals surface area (Å²) in [6.07, 6.45) is 1.07. The molecule has 0 amide bonds. The first-order valence-corrected chi connectivity index (χ1v) is 7.88. The molecular weight excluding hydrogens is 256 g/mol. The van der Waals surface area contributed by atoms with Crippen LogP contribution in [0.4, 0.5) is 11.4 Å². The van der Waals surface area contributed by atoms with Gasteiger partial charge in [-0.1, -0.05) is 43.3 Å². The second kappa shape index (κ2) is 7.72. The summed E-state index contributed by atoms with van der Waals surface area (Å²) in [7, 11) is 0. The van der Waals surface area contributed by atoms with E-state index in [0.29, 0.717) is 0 Å². The SMILES string of the molecule is CCc1cccc(C)c1NCCN(CC)c1ccccc1. The van der Waals surface area contributed by atoms with Gasteiger partial charge in [0.15, 0.2) is 0 Å². The van der Waals surface area contributed by atoms with Crippen molar-refractivity contribution in [2.75, 3.05) is 29.9 Å². The summed E-state index contributed by atoms with van der Waals surface area (Å²) in [5, 5.41) is 3.63. The summed E-state index contributed by atoms with van der Waals surface area (Å²) in [5.41, 5.74) is 5.33. The molecule has 1 N–H and O–H groups in total. The molecule has 2 heteroatoms. The highest BCUT2D eigenvalue weighted by molar-refractivity contribution is 5.57. The van der Waals surface area contributed by atoms with E-state index in [4.69, 9.17) is 0 Å². The van der Waals surface area contributed by atoms with Gasteiger partial charge in [-0.3, -0.25) is 0 Å². The molecule has 2 rings (SSSR count). The van der Waals surface area contributed by atoms with Crippen LogP contribution in [0.2, 0.25) is 0 Å². The van der Waals surface area contributed by atoms with Crippen molar-refractivity contribution >= 4 is 11.4 Å². The lowest BCUT2D eigenvalue weighted by Crippen LogP contribution is -2.29. The van der Waals surface area contributed by atoms with E-state index in [0.717, 1.165) is 26.1 Å². The fourth-order valence-electron chi connectivity index (χ4n) is 2.70. The highest BCUT2D eigenvalue weighted by atomic mass is 15.1. The van der Waals surface area contributed by atoms with Gasteiger partial charge >= 0.3 is 0 Å². The van der Waals surface area contributed by atoms with Crippen LogP contribution < -0.4 is 10.2 Å². The molecule has 0 fully saturated rings. The number of para-hydroxylation sites is 2. The van der Waals surface area contributed by atoms with Crippen LogP contribution in [0.1, 0.15) is 25.0 Å². The van der Waals surface area contributed by atoms with Crippen molar-refractivity contribution in [3.05, 3.63) is 59.7 Å². The monoisotopic (exact) mass is 282 g/mol. The Bertz CT molecular complexity index is 549. The Morgan fingerprint density at radius 1 is 0.952 bits per heavy atom.